The molecule has 0 spiro atoms. The molecule has 2 aromatic carbocycles. The lowest BCUT2D eigenvalue weighted by Crippen LogP contribution is -2.56. The van der Waals surface area contributed by atoms with E-state index < -0.39 is 65.9 Å². The van der Waals surface area contributed by atoms with Crippen molar-refractivity contribution < 1.29 is 38.9 Å². The molecule has 5 N–H and O–H groups in total. The van der Waals surface area contributed by atoms with Gasteiger partial charge in [0, 0.05) is 30.6 Å². The Morgan fingerprint density at radius 1 is 0.917 bits per heavy atom. The van der Waals surface area contributed by atoms with Crippen LogP contribution in [0.25, 0.3) is 0 Å². The zero-order chi connectivity index (χ0) is 35.3. The van der Waals surface area contributed by atoms with E-state index in [1.165, 1.54) is 26.1 Å². The van der Waals surface area contributed by atoms with Crippen molar-refractivity contribution in [1.82, 2.24) is 15.5 Å². The number of para-hydroxylation sites is 1. The largest absolute Gasteiger partial charge is 0.508 e. The van der Waals surface area contributed by atoms with Crippen LogP contribution >= 0.6 is 0 Å². The maximum Gasteiger partial charge on any atom is 0.308 e. The van der Waals surface area contributed by atoms with Crippen molar-refractivity contribution in [2.45, 2.75) is 90.1 Å². The lowest BCUT2D eigenvalue weighted by molar-refractivity contribution is -0.150. The SMILES string of the molecule is C/C1=C\[C@H](C)C[C@H](C)OC(=O)C[C@H](c2ccc(O)cc2)NC(=O)[C@@H](C[C@]2(O)C(=O)Nc3ccccc32)N(C)C(=O)C(C)NC(=O)[C@@H](C)C1. The lowest BCUT2D eigenvalue weighted by atomic mass is 9.87. The maximum absolute atomic E-state index is 14.2. The van der Waals surface area contributed by atoms with E-state index in [1.54, 1.807) is 50.2 Å². The average molecular weight is 663 g/mol. The second-order valence-corrected chi connectivity index (χ2v) is 13.2. The highest BCUT2D eigenvalue weighted by Crippen LogP contribution is 2.40. The van der Waals surface area contributed by atoms with Crippen LogP contribution in [0.5, 0.6) is 5.75 Å². The molecule has 0 saturated carbocycles. The summed E-state index contributed by atoms with van der Waals surface area (Å²) in [6.07, 6.45) is 1.76. The molecule has 258 valence electrons. The second-order valence-electron chi connectivity index (χ2n) is 13.2. The Labute approximate surface area is 280 Å². The van der Waals surface area contributed by atoms with Gasteiger partial charge in [-0.1, -0.05) is 55.8 Å². The van der Waals surface area contributed by atoms with Gasteiger partial charge in [0.05, 0.1) is 18.6 Å². The number of phenolic OH excluding ortho intramolecular Hbond substituents is 1. The molecule has 0 bridgehead atoms. The minimum absolute atomic E-state index is 0.0172. The number of amides is 4. The summed E-state index contributed by atoms with van der Waals surface area (Å²) in [7, 11) is 1.36. The number of rotatable bonds is 3. The summed E-state index contributed by atoms with van der Waals surface area (Å²) in [4.78, 5) is 68.7. The van der Waals surface area contributed by atoms with Gasteiger partial charge in [-0.05, 0) is 63.3 Å². The third-order valence-electron chi connectivity index (χ3n) is 9.00. The fraction of sp³-hybridized carbons (Fsp3) is 0.472. The average Bonchev–Trinajstić information content (AvgIpc) is 3.27. The number of ether oxygens (including phenoxy) is 1. The first-order valence-corrected chi connectivity index (χ1v) is 16.3. The Balaban J connectivity index is 1.74. The van der Waals surface area contributed by atoms with Crippen molar-refractivity contribution in [2.24, 2.45) is 11.8 Å². The predicted octanol–water partition coefficient (Wildman–Crippen LogP) is 3.45. The topological polar surface area (TPSA) is 174 Å². The van der Waals surface area contributed by atoms with Gasteiger partial charge in [0.25, 0.3) is 5.91 Å². The first kappa shape index (κ1) is 36.1. The van der Waals surface area contributed by atoms with Gasteiger partial charge < -0.3 is 35.8 Å². The molecule has 0 radical (unpaired) electrons. The molecule has 4 amide bonds. The number of hydrogen-bond acceptors (Lipinski definition) is 8. The molecule has 2 heterocycles. The molecule has 2 aliphatic heterocycles. The van der Waals surface area contributed by atoms with Gasteiger partial charge in [0.1, 0.15) is 17.8 Å². The summed E-state index contributed by atoms with van der Waals surface area (Å²) < 4.78 is 5.74. The Morgan fingerprint density at radius 2 is 1.58 bits per heavy atom. The zero-order valence-corrected chi connectivity index (χ0v) is 28.3. The molecule has 0 aliphatic carbocycles. The van der Waals surface area contributed by atoms with Gasteiger partial charge in [-0.2, -0.15) is 0 Å². The van der Waals surface area contributed by atoms with Gasteiger partial charge in [-0.3, -0.25) is 24.0 Å². The smallest absolute Gasteiger partial charge is 0.308 e. The van der Waals surface area contributed by atoms with Gasteiger partial charge in [-0.25, -0.2) is 0 Å². The quantitative estimate of drug-likeness (QED) is 0.246. The van der Waals surface area contributed by atoms with Gasteiger partial charge in [-0.15, -0.1) is 0 Å². The Bertz CT molecular complexity index is 1570. The highest BCUT2D eigenvalue weighted by atomic mass is 16.5. The number of hydrogen-bond donors (Lipinski definition) is 5. The van der Waals surface area contributed by atoms with Crippen LogP contribution in [-0.4, -0.2) is 69.9 Å². The number of likely N-dealkylation sites (N-methyl/N-ethyl adjacent to an activating group) is 1. The van der Waals surface area contributed by atoms with Crippen molar-refractivity contribution >= 4 is 35.3 Å². The molecule has 0 saturated heterocycles. The minimum Gasteiger partial charge on any atom is -0.508 e. The standard InChI is InChI=1S/C36H46N4O8/c1-20-15-21(2)17-23(4)48-31(42)18-29(25-11-13-26(41)14-12-25)38-33(44)30(40(6)34(45)24(5)37-32(43)22(3)16-20)19-36(47)27-9-7-8-10-28(27)39-35(36)46/h7-15,21-24,29-30,41,47H,16-19H2,1-6H3,(H,37,43)(H,38,44)(H,39,46)/b20-15+/t21-,22-,23-,24?,29+,30+,36+/m0/s1. The summed E-state index contributed by atoms with van der Waals surface area (Å²) in [5, 5.41) is 29.9. The molecule has 12 nitrogen and oxygen atoms in total. The highest BCUT2D eigenvalue weighted by molar-refractivity contribution is 6.05. The van der Waals surface area contributed by atoms with Crippen LogP contribution in [0, 0.1) is 11.8 Å². The number of allylic oxidation sites excluding steroid dienone is 2. The molecule has 0 fully saturated rings. The summed E-state index contributed by atoms with van der Waals surface area (Å²) in [6, 6.07) is 9.03. The van der Waals surface area contributed by atoms with Crippen molar-refractivity contribution in [3.8, 4) is 5.75 Å². The third kappa shape index (κ3) is 8.41. The molecule has 1 unspecified atom stereocenters. The van der Waals surface area contributed by atoms with E-state index in [0.29, 0.717) is 24.1 Å². The van der Waals surface area contributed by atoms with E-state index in [4.69, 9.17) is 4.74 Å². The van der Waals surface area contributed by atoms with E-state index in [-0.39, 0.29) is 29.6 Å². The molecule has 2 aromatic rings. The monoisotopic (exact) mass is 662 g/mol. The van der Waals surface area contributed by atoms with Gasteiger partial charge in [0.2, 0.25) is 17.7 Å². The predicted molar refractivity (Wildman–Crippen MR) is 178 cm³/mol. The van der Waals surface area contributed by atoms with Gasteiger partial charge >= 0.3 is 5.97 Å². The Morgan fingerprint density at radius 3 is 2.27 bits per heavy atom. The van der Waals surface area contributed by atoms with E-state index >= 15 is 0 Å². The van der Waals surface area contributed by atoms with Crippen LogP contribution in [0.2, 0.25) is 0 Å². The molecule has 12 heteroatoms. The number of carbonyl (C=O) groups excluding carboxylic acids is 5. The third-order valence-corrected chi connectivity index (χ3v) is 9.00. The van der Waals surface area contributed by atoms with Crippen LogP contribution in [0.1, 0.15) is 77.5 Å². The van der Waals surface area contributed by atoms with Crippen molar-refractivity contribution in [3.05, 3.63) is 71.3 Å². The summed E-state index contributed by atoms with van der Waals surface area (Å²) in [5.41, 5.74) is -0.0917. The molecule has 0 aromatic heterocycles. The normalized spacial score (nSPS) is 30.8. The number of anilines is 1. The van der Waals surface area contributed by atoms with E-state index in [1.807, 2.05) is 19.9 Å². The van der Waals surface area contributed by atoms with Gasteiger partial charge in [0.15, 0.2) is 5.60 Å². The number of nitrogens with one attached hydrogen (secondary N) is 3. The van der Waals surface area contributed by atoms with Crippen LogP contribution in [0.3, 0.4) is 0 Å². The number of cyclic esters (lactones) is 1. The lowest BCUT2D eigenvalue weighted by Gasteiger charge is -2.35. The summed E-state index contributed by atoms with van der Waals surface area (Å²) in [5.74, 6) is -3.50. The van der Waals surface area contributed by atoms with Crippen LogP contribution in [-0.2, 0) is 34.3 Å². The van der Waals surface area contributed by atoms with E-state index in [0.717, 1.165) is 10.5 Å². The number of esters is 1. The molecule has 2 aliphatic rings. The summed E-state index contributed by atoms with van der Waals surface area (Å²) in [6.45, 7) is 8.97. The zero-order valence-electron chi connectivity index (χ0n) is 28.3. The van der Waals surface area contributed by atoms with Crippen LogP contribution in [0.15, 0.2) is 60.2 Å². The number of fused-ring (bicyclic) bond motifs is 1. The van der Waals surface area contributed by atoms with Crippen molar-refractivity contribution in [1.29, 1.82) is 0 Å². The number of aromatic hydroxyl groups is 1. The molecular formula is C36H46N4O8. The molecule has 48 heavy (non-hydrogen) atoms. The summed E-state index contributed by atoms with van der Waals surface area (Å²) >= 11 is 0. The number of aliphatic hydroxyl groups is 1. The first-order chi connectivity index (χ1) is 22.6. The van der Waals surface area contributed by atoms with Crippen LogP contribution in [0.4, 0.5) is 5.69 Å². The van der Waals surface area contributed by atoms with E-state index in [2.05, 4.69) is 16.0 Å². The molecule has 7 atom stereocenters. The van der Waals surface area contributed by atoms with Crippen LogP contribution < -0.4 is 16.0 Å². The fourth-order valence-electron chi connectivity index (χ4n) is 6.50. The Hall–Kier alpha value is -4.71. The molecular weight excluding hydrogens is 616 g/mol. The number of carbonyl (C=O) groups is 5. The number of benzene rings is 2. The van der Waals surface area contributed by atoms with Crippen molar-refractivity contribution in [2.75, 3.05) is 12.4 Å². The number of nitrogens with zero attached hydrogens (tertiary/aromatic N) is 1. The second kappa shape index (κ2) is 15.0. The number of phenols is 1. The Kier molecular flexibility index (Phi) is 11.3. The molecule has 4 rings (SSSR count). The van der Waals surface area contributed by atoms with Crippen molar-refractivity contribution in [3.63, 3.8) is 0 Å². The maximum atomic E-state index is 14.2. The minimum atomic E-state index is -2.17. The fourth-order valence-corrected chi connectivity index (χ4v) is 6.50. The highest BCUT2D eigenvalue weighted by Gasteiger charge is 2.49. The van der Waals surface area contributed by atoms with E-state index in [9.17, 15) is 34.2 Å². The first-order valence-electron chi connectivity index (χ1n) is 16.3.